The van der Waals surface area contributed by atoms with Crippen molar-refractivity contribution >= 4 is 11.8 Å². The Morgan fingerprint density at radius 3 is 2.50 bits per heavy atom. The van der Waals surface area contributed by atoms with Crippen molar-refractivity contribution in [2.75, 3.05) is 6.61 Å². The molecule has 12 heavy (non-hydrogen) atoms. The summed E-state index contributed by atoms with van der Waals surface area (Å²) in [5.74, 6) is 0. The Balaban J connectivity index is 2.17. The number of rotatable bonds is 3. The van der Waals surface area contributed by atoms with Crippen molar-refractivity contribution in [2.45, 2.75) is 49.1 Å². The van der Waals surface area contributed by atoms with Crippen LogP contribution in [0, 0.1) is 0 Å². The Kier molecular flexibility index (Phi) is 4.40. The molecule has 1 atom stereocenters. The second-order valence-electron chi connectivity index (χ2n) is 3.67. The zero-order valence-corrected chi connectivity index (χ0v) is 8.52. The van der Waals surface area contributed by atoms with E-state index in [1.807, 2.05) is 11.8 Å². The van der Waals surface area contributed by atoms with Gasteiger partial charge in [-0.05, 0) is 25.7 Å². The van der Waals surface area contributed by atoms with Crippen LogP contribution in [0.4, 0.5) is 0 Å². The Hall–Kier alpha value is 0.270. The first-order chi connectivity index (χ1) is 5.72. The molecule has 2 nitrogen and oxygen atoms in total. The Bertz CT molecular complexity index is 124. The normalized spacial score (nSPS) is 33.2. The number of aliphatic hydroxyl groups is 1. The van der Waals surface area contributed by atoms with Gasteiger partial charge in [-0.25, -0.2) is 0 Å². The summed E-state index contributed by atoms with van der Waals surface area (Å²) in [6.07, 6.45) is 4.79. The first-order valence-electron chi connectivity index (χ1n) is 4.74. The Labute approximate surface area is 78.9 Å². The van der Waals surface area contributed by atoms with Gasteiger partial charge in [-0.3, -0.25) is 0 Å². The maximum absolute atomic E-state index is 8.87. The molecule has 0 heterocycles. The summed E-state index contributed by atoms with van der Waals surface area (Å²) in [7, 11) is 0. The van der Waals surface area contributed by atoms with E-state index in [0.717, 1.165) is 18.1 Å². The fraction of sp³-hybridized carbons (Fsp3) is 1.00. The van der Waals surface area contributed by atoms with Crippen LogP contribution in [-0.2, 0) is 0 Å². The lowest BCUT2D eigenvalue weighted by molar-refractivity contribution is 0.299. The van der Waals surface area contributed by atoms with Crippen molar-refractivity contribution in [1.82, 2.24) is 0 Å². The zero-order chi connectivity index (χ0) is 8.97. The van der Waals surface area contributed by atoms with E-state index in [0.29, 0.717) is 17.9 Å². The van der Waals surface area contributed by atoms with E-state index in [2.05, 4.69) is 6.92 Å². The van der Waals surface area contributed by atoms with Crippen molar-refractivity contribution in [3.05, 3.63) is 0 Å². The molecule has 1 aliphatic rings. The minimum Gasteiger partial charge on any atom is -0.395 e. The molecule has 0 aromatic carbocycles. The van der Waals surface area contributed by atoms with E-state index >= 15 is 0 Å². The smallest absolute Gasteiger partial charge is 0.0547 e. The van der Waals surface area contributed by atoms with Crippen LogP contribution in [-0.4, -0.2) is 28.3 Å². The average molecular weight is 189 g/mol. The van der Waals surface area contributed by atoms with E-state index in [9.17, 15) is 0 Å². The van der Waals surface area contributed by atoms with Crippen molar-refractivity contribution in [3.8, 4) is 0 Å². The fourth-order valence-corrected chi connectivity index (χ4v) is 2.88. The summed E-state index contributed by atoms with van der Waals surface area (Å²) in [4.78, 5) is 0. The van der Waals surface area contributed by atoms with Gasteiger partial charge in [0.15, 0.2) is 0 Å². The molecular formula is C9H19NOS. The van der Waals surface area contributed by atoms with Crippen LogP contribution in [0.15, 0.2) is 0 Å². The molecule has 0 aromatic rings. The molecule has 0 aromatic heterocycles. The van der Waals surface area contributed by atoms with E-state index in [1.165, 1.54) is 12.8 Å². The molecule has 0 aliphatic heterocycles. The van der Waals surface area contributed by atoms with E-state index < -0.39 is 0 Å². The summed E-state index contributed by atoms with van der Waals surface area (Å²) in [6, 6.07) is 0.436. The van der Waals surface area contributed by atoms with Crippen LogP contribution in [0.5, 0.6) is 0 Å². The Morgan fingerprint density at radius 2 is 2.00 bits per heavy atom. The lowest BCUT2D eigenvalue weighted by Gasteiger charge is -2.27. The second-order valence-corrected chi connectivity index (χ2v) is 5.41. The summed E-state index contributed by atoms with van der Waals surface area (Å²) in [5.41, 5.74) is 5.80. The molecule has 1 unspecified atom stereocenters. The van der Waals surface area contributed by atoms with Gasteiger partial charge < -0.3 is 10.8 Å². The predicted molar refractivity (Wildman–Crippen MR) is 54.4 cm³/mol. The van der Waals surface area contributed by atoms with Crippen molar-refractivity contribution in [1.29, 1.82) is 0 Å². The van der Waals surface area contributed by atoms with Gasteiger partial charge in [0.25, 0.3) is 0 Å². The molecule has 3 N–H and O–H groups in total. The summed E-state index contributed by atoms with van der Waals surface area (Å²) < 4.78 is 0. The highest BCUT2D eigenvalue weighted by Crippen LogP contribution is 2.30. The standard InChI is InChI=1S/C9H19NOS/c1-7(6-11)12-9-4-2-8(10)3-5-9/h7-9,11H,2-6,10H2,1H3. The molecule has 1 aliphatic carbocycles. The van der Waals surface area contributed by atoms with E-state index in [4.69, 9.17) is 10.8 Å². The molecule has 0 bridgehead atoms. The topological polar surface area (TPSA) is 46.2 Å². The molecule has 1 rings (SSSR count). The zero-order valence-electron chi connectivity index (χ0n) is 7.70. The van der Waals surface area contributed by atoms with Crippen LogP contribution in [0.1, 0.15) is 32.6 Å². The Morgan fingerprint density at radius 1 is 1.42 bits per heavy atom. The monoisotopic (exact) mass is 189 g/mol. The molecule has 0 saturated heterocycles. The number of hydrogen-bond donors (Lipinski definition) is 2. The molecular weight excluding hydrogens is 170 g/mol. The molecule has 0 radical (unpaired) electrons. The molecule has 72 valence electrons. The highest BCUT2D eigenvalue weighted by atomic mass is 32.2. The summed E-state index contributed by atoms with van der Waals surface area (Å²) >= 11 is 1.92. The first-order valence-corrected chi connectivity index (χ1v) is 5.68. The van der Waals surface area contributed by atoms with Gasteiger partial charge in [0.1, 0.15) is 0 Å². The summed E-state index contributed by atoms with van der Waals surface area (Å²) in [5, 5.41) is 10.0. The van der Waals surface area contributed by atoms with Crippen LogP contribution >= 0.6 is 11.8 Å². The molecule has 3 heteroatoms. The maximum atomic E-state index is 8.87. The minimum atomic E-state index is 0.299. The third-order valence-corrected chi connectivity index (χ3v) is 3.87. The number of hydrogen-bond acceptors (Lipinski definition) is 3. The predicted octanol–water partition coefficient (Wildman–Crippen LogP) is 1.37. The summed E-state index contributed by atoms with van der Waals surface area (Å²) in [6.45, 7) is 2.38. The molecule has 1 fully saturated rings. The SMILES string of the molecule is CC(CO)SC1CCC(N)CC1. The fourth-order valence-electron chi connectivity index (χ4n) is 1.60. The molecule has 1 saturated carbocycles. The highest BCUT2D eigenvalue weighted by molar-refractivity contribution is 8.00. The number of aliphatic hydroxyl groups excluding tert-OH is 1. The maximum Gasteiger partial charge on any atom is 0.0547 e. The highest BCUT2D eigenvalue weighted by Gasteiger charge is 2.20. The van der Waals surface area contributed by atoms with Gasteiger partial charge >= 0.3 is 0 Å². The van der Waals surface area contributed by atoms with Crippen LogP contribution in [0.25, 0.3) is 0 Å². The van der Waals surface area contributed by atoms with E-state index in [-0.39, 0.29) is 0 Å². The van der Waals surface area contributed by atoms with Crippen LogP contribution in [0.3, 0.4) is 0 Å². The molecule has 0 spiro atoms. The van der Waals surface area contributed by atoms with Crippen molar-refractivity contribution in [2.24, 2.45) is 5.73 Å². The molecule has 0 amide bonds. The van der Waals surface area contributed by atoms with Crippen molar-refractivity contribution in [3.63, 3.8) is 0 Å². The van der Waals surface area contributed by atoms with Gasteiger partial charge in [-0.2, -0.15) is 11.8 Å². The van der Waals surface area contributed by atoms with Gasteiger partial charge in [0.2, 0.25) is 0 Å². The third kappa shape index (κ3) is 3.33. The number of nitrogens with two attached hydrogens (primary N) is 1. The van der Waals surface area contributed by atoms with Gasteiger partial charge in [0, 0.05) is 16.5 Å². The lowest BCUT2D eigenvalue weighted by atomic mass is 9.96. The van der Waals surface area contributed by atoms with Crippen LogP contribution in [0.2, 0.25) is 0 Å². The largest absolute Gasteiger partial charge is 0.395 e. The first kappa shape index (κ1) is 10.4. The van der Waals surface area contributed by atoms with Crippen molar-refractivity contribution < 1.29 is 5.11 Å². The van der Waals surface area contributed by atoms with Gasteiger partial charge in [-0.15, -0.1) is 0 Å². The van der Waals surface area contributed by atoms with Crippen LogP contribution < -0.4 is 5.73 Å². The van der Waals surface area contributed by atoms with Gasteiger partial charge in [0.05, 0.1) is 6.61 Å². The lowest BCUT2D eigenvalue weighted by Crippen LogP contribution is -2.28. The average Bonchev–Trinajstić information content (AvgIpc) is 2.09. The quantitative estimate of drug-likeness (QED) is 0.705. The minimum absolute atomic E-state index is 0.299. The van der Waals surface area contributed by atoms with E-state index in [1.54, 1.807) is 0 Å². The third-order valence-electron chi connectivity index (χ3n) is 2.40. The van der Waals surface area contributed by atoms with Gasteiger partial charge in [-0.1, -0.05) is 6.92 Å². The number of thioether (sulfide) groups is 1. The second kappa shape index (κ2) is 5.10.